The molecule has 2 aliphatic rings. The number of hydrogen-bond acceptors (Lipinski definition) is 2. The van der Waals surface area contributed by atoms with Gasteiger partial charge in [0, 0.05) is 11.6 Å². The minimum absolute atomic E-state index is 0.526. The first-order valence-corrected chi connectivity index (χ1v) is 3.80. The third-order valence-electron chi connectivity index (χ3n) is 2.78. The second-order valence-electron chi connectivity index (χ2n) is 3.20. The fraction of sp³-hybridized carbons (Fsp3) is 1.00. The predicted molar refractivity (Wildman–Crippen MR) is 37.4 cm³/mol. The average Bonchev–Trinajstić information content (AvgIpc) is 2.44. The van der Waals surface area contributed by atoms with E-state index in [2.05, 4.69) is 17.7 Å². The van der Waals surface area contributed by atoms with Crippen LogP contribution in [-0.4, -0.2) is 25.2 Å². The molecule has 9 heavy (non-hydrogen) atoms. The molecule has 0 radical (unpaired) electrons. The first-order valence-electron chi connectivity index (χ1n) is 3.80. The molecule has 0 bridgehead atoms. The Morgan fingerprint density at radius 2 is 2.22 bits per heavy atom. The Hall–Kier alpha value is -0.0800. The zero-order valence-corrected chi connectivity index (χ0v) is 5.91. The first kappa shape index (κ1) is 5.69. The van der Waals surface area contributed by atoms with Crippen LogP contribution in [0.2, 0.25) is 0 Å². The lowest BCUT2D eigenvalue weighted by Crippen LogP contribution is -2.57. The van der Waals surface area contributed by atoms with E-state index < -0.39 is 0 Å². The molecule has 0 aromatic heterocycles. The molecular formula is C7H14N2. The van der Waals surface area contributed by atoms with E-state index in [1.807, 2.05) is 0 Å². The van der Waals surface area contributed by atoms with Crippen molar-refractivity contribution in [3.63, 3.8) is 0 Å². The lowest BCUT2D eigenvalue weighted by atomic mass is 9.96. The summed E-state index contributed by atoms with van der Waals surface area (Å²) in [5.74, 6) is 0. The van der Waals surface area contributed by atoms with Crippen LogP contribution in [0.15, 0.2) is 0 Å². The van der Waals surface area contributed by atoms with E-state index >= 15 is 0 Å². The second-order valence-corrected chi connectivity index (χ2v) is 3.20. The first-order chi connectivity index (χ1) is 4.37. The van der Waals surface area contributed by atoms with Crippen molar-refractivity contribution in [1.82, 2.24) is 10.6 Å². The van der Waals surface area contributed by atoms with Crippen molar-refractivity contribution in [3.8, 4) is 0 Å². The number of likely N-dealkylation sites (N-methyl/N-ethyl adjacent to an activating group) is 1. The number of nitrogens with one attached hydrogen (secondary N) is 2. The summed E-state index contributed by atoms with van der Waals surface area (Å²) in [6.07, 6.45) is 4.13. The Bertz CT molecular complexity index is 114. The summed E-state index contributed by atoms with van der Waals surface area (Å²) in [7, 11) is 2.08. The highest BCUT2D eigenvalue weighted by molar-refractivity contribution is 5.12. The van der Waals surface area contributed by atoms with Crippen LogP contribution in [0, 0.1) is 0 Å². The maximum atomic E-state index is 3.44. The van der Waals surface area contributed by atoms with E-state index in [0.717, 1.165) is 6.04 Å². The van der Waals surface area contributed by atoms with Gasteiger partial charge in [0.25, 0.3) is 0 Å². The third-order valence-corrected chi connectivity index (χ3v) is 2.78. The molecule has 52 valence electrons. The smallest absolute Gasteiger partial charge is 0.0334 e. The van der Waals surface area contributed by atoms with Crippen molar-refractivity contribution >= 4 is 0 Å². The van der Waals surface area contributed by atoms with Crippen molar-refractivity contribution < 1.29 is 0 Å². The molecule has 0 amide bonds. The molecule has 1 saturated carbocycles. The fourth-order valence-corrected chi connectivity index (χ4v) is 1.67. The lowest BCUT2D eigenvalue weighted by molar-refractivity contribution is 0.274. The molecule has 2 fully saturated rings. The lowest BCUT2D eigenvalue weighted by Gasteiger charge is -2.35. The van der Waals surface area contributed by atoms with Gasteiger partial charge in [-0.3, -0.25) is 0 Å². The van der Waals surface area contributed by atoms with E-state index in [1.165, 1.54) is 25.8 Å². The summed E-state index contributed by atoms with van der Waals surface area (Å²) >= 11 is 0. The van der Waals surface area contributed by atoms with E-state index in [1.54, 1.807) is 0 Å². The topological polar surface area (TPSA) is 24.1 Å². The van der Waals surface area contributed by atoms with Crippen molar-refractivity contribution in [2.24, 2.45) is 0 Å². The molecule has 1 saturated heterocycles. The van der Waals surface area contributed by atoms with Crippen LogP contribution >= 0.6 is 0 Å². The summed E-state index contributed by atoms with van der Waals surface area (Å²) in [6, 6.07) is 0.794. The Balaban J connectivity index is 1.94. The molecule has 2 N–H and O–H groups in total. The SMILES string of the molecule is CNC1(C2CCN2)CC1. The molecular weight excluding hydrogens is 112 g/mol. The molecule has 1 aliphatic carbocycles. The van der Waals surface area contributed by atoms with Gasteiger partial charge < -0.3 is 10.6 Å². The van der Waals surface area contributed by atoms with Crippen LogP contribution in [0.1, 0.15) is 19.3 Å². The molecule has 1 heterocycles. The molecule has 0 aromatic carbocycles. The number of hydrogen-bond donors (Lipinski definition) is 2. The van der Waals surface area contributed by atoms with Crippen molar-refractivity contribution in [1.29, 1.82) is 0 Å². The van der Waals surface area contributed by atoms with E-state index in [0.29, 0.717) is 5.54 Å². The Kier molecular flexibility index (Phi) is 1.08. The number of rotatable bonds is 2. The van der Waals surface area contributed by atoms with Crippen LogP contribution < -0.4 is 10.6 Å². The molecule has 1 aliphatic heterocycles. The zero-order valence-electron chi connectivity index (χ0n) is 5.91. The van der Waals surface area contributed by atoms with Crippen LogP contribution in [0.3, 0.4) is 0 Å². The fourth-order valence-electron chi connectivity index (χ4n) is 1.67. The standard InChI is InChI=1S/C7H14N2/c1-8-7(3-4-7)6-2-5-9-6/h6,8-9H,2-5H2,1H3. The summed E-state index contributed by atoms with van der Waals surface area (Å²) in [6.45, 7) is 1.23. The average molecular weight is 126 g/mol. The van der Waals surface area contributed by atoms with Crippen LogP contribution in [0.5, 0.6) is 0 Å². The molecule has 2 nitrogen and oxygen atoms in total. The zero-order chi connectivity index (χ0) is 6.32. The summed E-state index contributed by atoms with van der Waals surface area (Å²) in [4.78, 5) is 0. The Morgan fingerprint density at radius 3 is 2.33 bits per heavy atom. The van der Waals surface area contributed by atoms with Gasteiger partial charge in [0.05, 0.1) is 0 Å². The molecule has 1 unspecified atom stereocenters. The Morgan fingerprint density at radius 1 is 1.56 bits per heavy atom. The van der Waals surface area contributed by atoms with Crippen LogP contribution in [0.25, 0.3) is 0 Å². The van der Waals surface area contributed by atoms with E-state index in [9.17, 15) is 0 Å². The molecule has 1 atom stereocenters. The van der Waals surface area contributed by atoms with Gasteiger partial charge in [-0.25, -0.2) is 0 Å². The molecule has 2 rings (SSSR count). The van der Waals surface area contributed by atoms with Gasteiger partial charge in [0.2, 0.25) is 0 Å². The van der Waals surface area contributed by atoms with Gasteiger partial charge in [-0.15, -0.1) is 0 Å². The largest absolute Gasteiger partial charge is 0.313 e. The molecule has 2 heteroatoms. The van der Waals surface area contributed by atoms with Crippen molar-refractivity contribution in [2.75, 3.05) is 13.6 Å². The highest BCUT2D eigenvalue weighted by Gasteiger charge is 2.49. The summed E-state index contributed by atoms with van der Waals surface area (Å²) in [5, 5.41) is 6.83. The minimum Gasteiger partial charge on any atom is -0.313 e. The minimum atomic E-state index is 0.526. The summed E-state index contributed by atoms with van der Waals surface area (Å²) < 4.78 is 0. The predicted octanol–water partition coefficient (Wildman–Crippen LogP) is 0.100. The van der Waals surface area contributed by atoms with Crippen LogP contribution in [0.4, 0.5) is 0 Å². The van der Waals surface area contributed by atoms with Crippen LogP contribution in [-0.2, 0) is 0 Å². The monoisotopic (exact) mass is 126 g/mol. The molecule has 0 aromatic rings. The maximum Gasteiger partial charge on any atom is 0.0334 e. The van der Waals surface area contributed by atoms with Gasteiger partial charge >= 0.3 is 0 Å². The van der Waals surface area contributed by atoms with Gasteiger partial charge in [-0.2, -0.15) is 0 Å². The maximum absolute atomic E-state index is 3.44. The Labute approximate surface area is 56.0 Å². The second kappa shape index (κ2) is 1.70. The highest BCUT2D eigenvalue weighted by atomic mass is 15.1. The normalized spacial score (nSPS) is 37.7. The van der Waals surface area contributed by atoms with Gasteiger partial charge in [-0.1, -0.05) is 0 Å². The highest BCUT2D eigenvalue weighted by Crippen LogP contribution is 2.41. The van der Waals surface area contributed by atoms with Crippen molar-refractivity contribution in [3.05, 3.63) is 0 Å². The summed E-state index contributed by atoms with van der Waals surface area (Å²) in [5.41, 5.74) is 0.526. The van der Waals surface area contributed by atoms with Gasteiger partial charge in [0.15, 0.2) is 0 Å². The van der Waals surface area contributed by atoms with E-state index in [4.69, 9.17) is 0 Å². The molecule has 0 spiro atoms. The van der Waals surface area contributed by atoms with E-state index in [-0.39, 0.29) is 0 Å². The quantitative estimate of drug-likeness (QED) is 0.548. The van der Waals surface area contributed by atoms with Gasteiger partial charge in [0.1, 0.15) is 0 Å². The third kappa shape index (κ3) is 0.700. The van der Waals surface area contributed by atoms with Gasteiger partial charge in [-0.05, 0) is 32.9 Å². The van der Waals surface area contributed by atoms with Crippen molar-refractivity contribution in [2.45, 2.75) is 30.8 Å².